The van der Waals surface area contributed by atoms with Crippen molar-refractivity contribution in [2.75, 3.05) is 33.6 Å². The molecule has 3 aliphatic heterocycles. The minimum atomic E-state index is -2.13. The largest absolute Gasteiger partial charge is 0.497 e. The van der Waals surface area contributed by atoms with Crippen molar-refractivity contribution in [2.24, 2.45) is 0 Å². The van der Waals surface area contributed by atoms with Crippen molar-refractivity contribution in [3.8, 4) is 11.5 Å². The van der Waals surface area contributed by atoms with Gasteiger partial charge in [0.05, 0.1) is 37.2 Å². The highest BCUT2D eigenvalue weighted by atomic mass is 16.7. The van der Waals surface area contributed by atoms with Crippen LogP contribution >= 0.6 is 0 Å². The van der Waals surface area contributed by atoms with Gasteiger partial charge in [0.15, 0.2) is 23.2 Å². The van der Waals surface area contributed by atoms with E-state index >= 15 is 0 Å². The summed E-state index contributed by atoms with van der Waals surface area (Å²) in [6.45, 7) is 7.59. The molecule has 1 unspecified atom stereocenters. The van der Waals surface area contributed by atoms with E-state index in [-0.39, 0.29) is 25.7 Å². The molecule has 0 bridgehead atoms. The summed E-state index contributed by atoms with van der Waals surface area (Å²) >= 11 is 0. The summed E-state index contributed by atoms with van der Waals surface area (Å²) in [6.07, 6.45) is 7.79. The number of fused-ring (bicyclic) bond motifs is 3. The van der Waals surface area contributed by atoms with E-state index in [2.05, 4.69) is 17.9 Å². The van der Waals surface area contributed by atoms with Gasteiger partial charge in [-0.3, -0.25) is 9.69 Å². The Bertz CT molecular complexity index is 1240. The van der Waals surface area contributed by atoms with E-state index in [1.54, 1.807) is 21.0 Å². The lowest BCUT2D eigenvalue weighted by Crippen LogP contribution is -2.49. The molecule has 1 aromatic rings. The summed E-state index contributed by atoms with van der Waals surface area (Å²) in [6, 6.07) is 4.03. The monoisotopic (exact) mass is 615 g/mol. The van der Waals surface area contributed by atoms with Crippen LogP contribution in [0.2, 0.25) is 0 Å². The average molecular weight is 616 g/mol. The number of ether oxygens (including phenoxy) is 5. The van der Waals surface area contributed by atoms with Gasteiger partial charge in [0.1, 0.15) is 5.76 Å². The Morgan fingerprint density at radius 1 is 1.07 bits per heavy atom. The minimum Gasteiger partial charge on any atom is -0.497 e. The van der Waals surface area contributed by atoms with Crippen molar-refractivity contribution in [2.45, 2.75) is 120 Å². The van der Waals surface area contributed by atoms with Gasteiger partial charge in [-0.05, 0) is 94.7 Å². The van der Waals surface area contributed by atoms with Crippen LogP contribution in [0.25, 0.3) is 0 Å². The van der Waals surface area contributed by atoms with E-state index in [4.69, 9.17) is 23.7 Å². The average Bonchev–Trinajstić information content (AvgIpc) is 3.65. The van der Waals surface area contributed by atoms with Gasteiger partial charge in [0, 0.05) is 6.54 Å². The molecule has 0 amide bonds. The fourth-order valence-corrected chi connectivity index (χ4v) is 7.40. The topological polar surface area (TPSA) is 124 Å². The van der Waals surface area contributed by atoms with Gasteiger partial charge in [0.2, 0.25) is 6.79 Å². The predicted octanol–water partition coefficient (Wildman–Crippen LogP) is 4.53. The van der Waals surface area contributed by atoms with Crippen LogP contribution < -0.4 is 9.47 Å². The lowest BCUT2D eigenvalue weighted by Gasteiger charge is -2.39. The third kappa shape index (κ3) is 6.72. The van der Waals surface area contributed by atoms with E-state index in [9.17, 15) is 19.8 Å². The van der Waals surface area contributed by atoms with Crippen molar-refractivity contribution in [3.05, 3.63) is 35.1 Å². The molecule has 1 aromatic carbocycles. The van der Waals surface area contributed by atoms with Crippen molar-refractivity contribution in [1.82, 2.24) is 4.90 Å². The summed E-state index contributed by atoms with van der Waals surface area (Å²) in [7, 11) is 1.57. The highest BCUT2D eigenvalue weighted by Crippen LogP contribution is 2.55. The molecular formula is C34H49NO9. The highest BCUT2D eigenvalue weighted by Gasteiger charge is 2.59. The Balaban J connectivity index is 1.42. The maximum absolute atomic E-state index is 14.1. The van der Waals surface area contributed by atoms with Crippen LogP contribution in [0.4, 0.5) is 0 Å². The van der Waals surface area contributed by atoms with E-state index in [0.717, 1.165) is 69.2 Å². The summed E-state index contributed by atoms with van der Waals surface area (Å²) in [5, 5.41) is 22.1. The number of hydrogen-bond acceptors (Lipinski definition) is 10. The molecule has 5 rings (SSSR count). The molecule has 1 saturated heterocycles. The Kier molecular flexibility index (Phi) is 9.82. The number of benzene rings is 1. The van der Waals surface area contributed by atoms with Gasteiger partial charge in [0.25, 0.3) is 0 Å². The minimum absolute atomic E-state index is 0.0588. The van der Waals surface area contributed by atoms with Gasteiger partial charge in [-0.1, -0.05) is 26.2 Å². The Labute approximate surface area is 260 Å². The van der Waals surface area contributed by atoms with Crippen molar-refractivity contribution in [3.63, 3.8) is 0 Å². The summed E-state index contributed by atoms with van der Waals surface area (Å²) in [5.74, 6) is 0.0494. The fourth-order valence-electron chi connectivity index (χ4n) is 7.40. The van der Waals surface area contributed by atoms with Crippen LogP contribution in [0.3, 0.4) is 0 Å². The van der Waals surface area contributed by atoms with Crippen molar-refractivity contribution >= 4 is 11.9 Å². The SMILES string of the molecule is CCCCCCOC(=O)C[C@](O)(CCCC(C)(C)O)C(=O)OC1C(OC)=C[C@]23CCCN2CCc2cc4c(cc2[C@H]13)OCO4. The Hall–Kier alpha value is -2.82. The first-order valence-corrected chi connectivity index (χ1v) is 16.3. The quantitative estimate of drug-likeness (QED) is 0.228. The van der Waals surface area contributed by atoms with Crippen molar-refractivity contribution in [1.29, 1.82) is 0 Å². The number of unbranched alkanes of at least 4 members (excludes halogenated alkanes) is 3. The molecule has 1 fully saturated rings. The Morgan fingerprint density at radius 2 is 1.84 bits per heavy atom. The van der Waals surface area contributed by atoms with E-state index in [1.165, 1.54) is 0 Å². The Morgan fingerprint density at radius 3 is 2.57 bits per heavy atom. The second-order valence-corrected chi connectivity index (χ2v) is 13.4. The van der Waals surface area contributed by atoms with Gasteiger partial charge < -0.3 is 33.9 Å². The normalized spacial score (nSPS) is 25.3. The lowest BCUT2D eigenvalue weighted by molar-refractivity contribution is -0.179. The zero-order chi connectivity index (χ0) is 31.5. The summed E-state index contributed by atoms with van der Waals surface area (Å²) < 4.78 is 29.0. The number of esters is 2. The fraction of sp³-hybridized carbons (Fsp3) is 0.706. The second kappa shape index (κ2) is 13.3. The molecule has 10 nitrogen and oxygen atoms in total. The van der Waals surface area contributed by atoms with Crippen LogP contribution in [0.5, 0.6) is 11.5 Å². The van der Waals surface area contributed by atoms with Gasteiger partial charge in [-0.2, -0.15) is 0 Å². The number of aliphatic hydroxyl groups is 2. The van der Waals surface area contributed by atoms with Crippen molar-refractivity contribution < 1.29 is 43.5 Å². The maximum atomic E-state index is 14.1. The van der Waals surface area contributed by atoms with Crippen LogP contribution in [-0.2, 0) is 30.2 Å². The number of nitrogens with zero attached hydrogens (tertiary/aromatic N) is 1. The standard InChI is InChI=1S/C34H49NO9/c1-5-6-7-8-17-41-28(36)21-34(39,14-9-12-32(2,3)38)31(37)44-30-27(40-4)20-33-13-10-15-35(33)16-11-23-18-25-26(43-22-42-25)19-24(23)29(30)33/h18-20,29-30,38-39H,5-17,21-22H2,1-4H3/t29-,30?,33+,34-/m1/s1. The molecule has 44 heavy (non-hydrogen) atoms. The van der Waals surface area contributed by atoms with Crippen LogP contribution in [0.15, 0.2) is 24.0 Å². The number of carbonyl (C=O) groups is 2. The second-order valence-electron chi connectivity index (χ2n) is 13.4. The molecule has 10 heteroatoms. The molecule has 1 aliphatic carbocycles. The van der Waals surface area contributed by atoms with E-state index in [1.807, 2.05) is 12.1 Å². The third-order valence-electron chi connectivity index (χ3n) is 9.65. The number of hydrogen-bond donors (Lipinski definition) is 2. The van der Waals surface area contributed by atoms with Crippen LogP contribution in [-0.4, -0.2) is 83.5 Å². The van der Waals surface area contributed by atoms with E-state index < -0.39 is 41.2 Å². The summed E-state index contributed by atoms with van der Waals surface area (Å²) in [5.41, 5.74) is -1.43. The molecule has 1 spiro atoms. The molecule has 4 atom stereocenters. The third-order valence-corrected chi connectivity index (χ3v) is 9.65. The first kappa shape index (κ1) is 32.6. The summed E-state index contributed by atoms with van der Waals surface area (Å²) in [4.78, 5) is 29.4. The number of carbonyl (C=O) groups excluding carboxylic acids is 2. The lowest BCUT2D eigenvalue weighted by atomic mass is 9.77. The van der Waals surface area contributed by atoms with E-state index in [0.29, 0.717) is 30.1 Å². The molecule has 2 N–H and O–H groups in total. The van der Waals surface area contributed by atoms with Gasteiger partial charge in [-0.25, -0.2) is 4.79 Å². The number of methoxy groups -OCH3 is 1. The molecule has 0 aromatic heterocycles. The first-order valence-electron chi connectivity index (χ1n) is 16.3. The zero-order valence-corrected chi connectivity index (χ0v) is 26.7. The molecule has 0 radical (unpaired) electrons. The molecule has 3 heterocycles. The zero-order valence-electron chi connectivity index (χ0n) is 26.7. The predicted molar refractivity (Wildman–Crippen MR) is 162 cm³/mol. The van der Waals surface area contributed by atoms with Gasteiger partial charge >= 0.3 is 11.9 Å². The molecule has 4 aliphatic rings. The first-order chi connectivity index (χ1) is 21.0. The smallest absolute Gasteiger partial charge is 0.339 e. The number of rotatable bonds is 14. The molecular weight excluding hydrogens is 566 g/mol. The highest BCUT2D eigenvalue weighted by molar-refractivity contribution is 5.86. The van der Waals surface area contributed by atoms with Gasteiger partial charge in [-0.15, -0.1) is 0 Å². The molecule has 0 saturated carbocycles. The molecule has 244 valence electrons. The maximum Gasteiger partial charge on any atom is 0.339 e. The van der Waals surface area contributed by atoms with Crippen LogP contribution in [0.1, 0.15) is 102 Å². The van der Waals surface area contributed by atoms with Crippen LogP contribution in [0, 0.1) is 0 Å².